The number of unbranched alkanes of at least 4 members (excludes halogenated alkanes) is 1. The maximum atomic E-state index is 11.6. The third kappa shape index (κ3) is 5.08. The highest BCUT2D eigenvalue weighted by Gasteiger charge is 2.12. The number of hydrogen-bond donors (Lipinski definition) is 2. The number of carbonyl (C=O) groups is 1. The van der Waals surface area contributed by atoms with Gasteiger partial charge in [0, 0.05) is 12.7 Å². The lowest BCUT2D eigenvalue weighted by Gasteiger charge is -2.10. The molecular formula is C13H20N4O2S. The summed E-state index contributed by atoms with van der Waals surface area (Å²) in [6.07, 6.45) is 3.58. The largest absolute Gasteiger partial charge is 0.462 e. The summed E-state index contributed by atoms with van der Waals surface area (Å²) >= 11 is 5.12. The highest BCUT2D eigenvalue weighted by atomic mass is 32.1. The van der Waals surface area contributed by atoms with Gasteiger partial charge in [-0.05, 0) is 32.5 Å². The molecule has 110 valence electrons. The Kier molecular flexibility index (Phi) is 6.86. The van der Waals surface area contributed by atoms with E-state index in [1.54, 1.807) is 13.8 Å². The van der Waals surface area contributed by atoms with Crippen LogP contribution in [0.2, 0.25) is 0 Å². The second-order valence-electron chi connectivity index (χ2n) is 4.15. The average molecular weight is 296 g/mol. The van der Waals surface area contributed by atoms with Crippen LogP contribution in [-0.4, -0.2) is 34.2 Å². The van der Waals surface area contributed by atoms with Crippen molar-refractivity contribution < 1.29 is 9.53 Å². The van der Waals surface area contributed by atoms with Gasteiger partial charge in [0.1, 0.15) is 0 Å². The van der Waals surface area contributed by atoms with Gasteiger partial charge in [-0.15, -0.1) is 0 Å². The predicted octanol–water partition coefficient (Wildman–Crippen LogP) is 2.05. The number of nitrogens with one attached hydrogen (secondary N) is 2. The number of esters is 1. The molecule has 1 aromatic rings. The lowest BCUT2D eigenvalue weighted by atomic mass is 10.2. The first kappa shape index (κ1) is 16.3. The molecule has 20 heavy (non-hydrogen) atoms. The van der Waals surface area contributed by atoms with E-state index in [9.17, 15) is 4.79 Å². The van der Waals surface area contributed by atoms with Crippen LogP contribution in [0.3, 0.4) is 0 Å². The van der Waals surface area contributed by atoms with E-state index in [-0.39, 0.29) is 0 Å². The van der Waals surface area contributed by atoms with E-state index >= 15 is 0 Å². The minimum Gasteiger partial charge on any atom is -0.462 e. The molecule has 0 aromatic carbocycles. The van der Waals surface area contributed by atoms with E-state index in [1.165, 1.54) is 6.20 Å². The molecule has 0 unspecified atom stereocenters. The van der Waals surface area contributed by atoms with E-state index in [2.05, 4.69) is 27.5 Å². The van der Waals surface area contributed by atoms with Gasteiger partial charge in [0.15, 0.2) is 5.11 Å². The number of aromatic nitrogens is 2. The summed E-state index contributed by atoms with van der Waals surface area (Å²) in [7, 11) is 0. The smallest absolute Gasteiger partial charge is 0.341 e. The molecule has 0 saturated heterocycles. The normalized spacial score (nSPS) is 9.95. The van der Waals surface area contributed by atoms with Gasteiger partial charge in [-0.3, -0.25) is 0 Å². The molecule has 7 heteroatoms. The molecule has 1 heterocycles. The van der Waals surface area contributed by atoms with Crippen LogP contribution in [0.15, 0.2) is 6.20 Å². The van der Waals surface area contributed by atoms with E-state index < -0.39 is 5.97 Å². The molecule has 0 atom stereocenters. The fraction of sp³-hybridized carbons (Fsp3) is 0.538. The van der Waals surface area contributed by atoms with Crippen molar-refractivity contribution in [2.45, 2.75) is 33.6 Å². The number of nitrogens with zero attached hydrogens (tertiary/aromatic N) is 2. The van der Waals surface area contributed by atoms with Gasteiger partial charge >= 0.3 is 5.97 Å². The zero-order valence-corrected chi connectivity index (χ0v) is 12.8. The molecule has 2 N–H and O–H groups in total. The lowest BCUT2D eigenvalue weighted by Crippen LogP contribution is -2.30. The third-order valence-corrected chi connectivity index (χ3v) is 2.76. The fourth-order valence-electron chi connectivity index (χ4n) is 1.46. The van der Waals surface area contributed by atoms with Crippen LogP contribution in [0.1, 0.15) is 42.7 Å². The zero-order valence-electron chi connectivity index (χ0n) is 12.0. The van der Waals surface area contributed by atoms with Crippen LogP contribution in [0.25, 0.3) is 0 Å². The number of rotatable bonds is 6. The summed E-state index contributed by atoms with van der Waals surface area (Å²) in [6.45, 7) is 6.72. The topological polar surface area (TPSA) is 76.1 Å². The van der Waals surface area contributed by atoms with Crippen molar-refractivity contribution in [2.24, 2.45) is 0 Å². The van der Waals surface area contributed by atoms with Crippen molar-refractivity contribution in [2.75, 3.05) is 18.5 Å². The molecule has 6 nitrogen and oxygen atoms in total. The number of ether oxygens (including phenoxy) is 1. The SMILES string of the molecule is CCCCNC(=S)Nc1ncc(C(=O)OCC)c(C)n1. The van der Waals surface area contributed by atoms with Crippen LogP contribution in [-0.2, 0) is 4.74 Å². The molecule has 0 saturated carbocycles. The lowest BCUT2D eigenvalue weighted by molar-refractivity contribution is 0.0524. The number of carbonyl (C=O) groups excluding carboxylic acids is 1. The van der Waals surface area contributed by atoms with E-state index in [1.807, 2.05) is 0 Å². The Morgan fingerprint density at radius 2 is 2.20 bits per heavy atom. The second kappa shape index (κ2) is 8.42. The summed E-state index contributed by atoms with van der Waals surface area (Å²) in [5.74, 6) is -0.0512. The maximum absolute atomic E-state index is 11.6. The number of aryl methyl sites for hydroxylation is 1. The second-order valence-corrected chi connectivity index (χ2v) is 4.56. The van der Waals surface area contributed by atoms with Crippen molar-refractivity contribution >= 4 is 29.2 Å². The van der Waals surface area contributed by atoms with Gasteiger partial charge in [-0.2, -0.15) is 0 Å². The van der Waals surface area contributed by atoms with Crippen molar-refractivity contribution in [1.82, 2.24) is 15.3 Å². The van der Waals surface area contributed by atoms with Crippen molar-refractivity contribution in [3.05, 3.63) is 17.5 Å². The van der Waals surface area contributed by atoms with Crippen molar-refractivity contribution in [1.29, 1.82) is 0 Å². The Morgan fingerprint density at radius 3 is 2.80 bits per heavy atom. The summed E-state index contributed by atoms with van der Waals surface area (Å²) < 4.78 is 4.92. The Labute approximate surface area is 124 Å². The molecule has 0 fully saturated rings. The highest BCUT2D eigenvalue weighted by Crippen LogP contribution is 2.08. The van der Waals surface area contributed by atoms with Crippen LogP contribution >= 0.6 is 12.2 Å². The highest BCUT2D eigenvalue weighted by molar-refractivity contribution is 7.80. The molecule has 0 aliphatic heterocycles. The average Bonchev–Trinajstić information content (AvgIpc) is 2.39. The Hall–Kier alpha value is -1.76. The quantitative estimate of drug-likeness (QED) is 0.472. The molecule has 0 spiro atoms. The number of anilines is 1. The predicted molar refractivity (Wildman–Crippen MR) is 81.9 cm³/mol. The molecule has 0 aliphatic rings. The van der Waals surface area contributed by atoms with Crippen LogP contribution in [0.5, 0.6) is 0 Å². The Balaban J connectivity index is 2.63. The Morgan fingerprint density at radius 1 is 1.45 bits per heavy atom. The maximum Gasteiger partial charge on any atom is 0.341 e. The Bertz CT molecular complexity index is 479. The monoisotopic (exact) mass is 296 g/mol. The minimum atomic E-state index is -0.416. The summed E-state index contributed by atoms with van der Waals surface area (Å²) in [6, 6.07) is 0. The molecule has 0 aliphatic carbocycles. The van der Waals surface area contributed by atoms with Crippen molar-refractivity contribution in [3.8, 4) is 0 Å². The fourth-order valence-corrected chi connectivity index (χ4v) is 1.65. The number of thiocarbonyl (C=S) groups is 1. The molecule has 0 bridgehead atoms. The molecular weight excluding hydrogens is 276 g/mol. The van der Waals surface area contributed by atoms with E-state index in [0.29, 0.717) is 28.9 Å². The van der Waals surface area contributed by atoms with E-state index in [0.717, 1.165) is 19.4 Å². The molecule has 0 amide bonds. The van der Waals surface area contributed by atoms with Crippen LogP contribution in [0, 0.1) is 6.92 Å². The first-order chi connectivity index (χ1) is 9.58. The zero-order chi connectivity index (χ0) is 15.0. The van der Waals surface area contributed by atoms with Crippen LogP contribution in [0.4, 0.5) is 5.95 Å². The van der Waals surface area contributed by atoms with Crippen LogP contribution < -0.4 is 10.6 Å². The summed E-state index contributed by atoms with van der Waals surface area (Å²) in [5, 5.41) is 6.42. The molecule has 1 rings (SSSR count). The van der Waals surface area contributed by atoms with Gasteiger partial charge < -0.3 is 15.4 Å². The first-order valence-corrected chi connectivity index (χ1v) is 7.04. The van der Waals surface area contributed by atoms with Crippen molar-refractivity contribution in [3.63, 3.8) is 0 Å². The van der Waals surface area contributed by atoms with Gasteiger partial charge in [0.2, 0.25) is 5.95 Å². The van der Waals surface area contributed by atoms with E-state index in [4.69, 9.17) is 17.0 Å². The standard InChI is InChI=1S/C13H20N4O2S/c1-4-6-7-14-13(20)17-12-15-8-10(9(3)16-12)11(18)19-5-2/h8H,4-7H2,1-3H3,(H2,14,15,16,17,20). The summed E-state index contributed by atoms with van der Waals surface area (Å²) in [5.41, 5.74) is 0.916. The summed E-state index contributed by atoms with van der Waals surface area (Å²) in [4.78, 5) is 19.9. The van der Waals surface area contributed by atoms with Gasteiger partial charge in [-0.25, -0.2) is 14.8 Å². The molecule has 0 radical (unpaired) electrons. The van der Waals surface area contributed by atoms with Gasteiger partial charge in [0.05, 0.1) is 17.9 Å². The first-order valence-electron chi connectivity index (χ1n) is 6.64. The third-order valence-electron chi connectivity index (χ3n) is 2.52. The number of hydrogen-bond acceptors (Lipinski definition) is 5. The molecule has 1 aromatic heterocycles. The van der Waals surface area contributed by atoms with Gasteiger partial charge in [0.25, 0.3) is 0 Å². The van der Waals surface area contributed by atoms with Gasteiger partial charge in [-0.1, -0.05) is 13.3 Å². The minimum absolute atomic E-state index is 0.323.